The van der Waals surface area contributed by atoms with Gasteiger partial charge in [0.15, 0.2) is 4.90 Å². The van der Waals surface area contributed by atoms with Crippen molar-refractivity contribution in [2.75, 3.05) is 0 Å². The van der Waals surface area contributed by atoms with E-state index in [2.05, 4.69) is 4.72 Å². The first kappa shape index (κ1) is 18.8. The lowest BCUT2D eigenvalue weighted by Gasteiger charge is -2.15. The molecule has 6 nitrogen and oxygen atoms in total. The molecule has 0 aromatic heterocycles. The summed E-state index contributed by atoms with van der Waals surface area (Å²) in [6.07, 6.45) is 0. The second-order valence-electron chi connectivity index (χ2n) is 6.06. The van der Waals surface area contributed by atoms with Crippen molar-refractivity contribution in [3.05, 3.63) is 94.5 Å². The van der Waals surface area contributed by atoms with Crippen LogP contribution in [0.15, 0.2) is 83.8 Å². The van der Waals surface area contributed by atoms with Crippen molar-refractivity contribution >= 4 is 15.7 Å². The van der Waals surface area contributed by atoms with Gasteiger partial charge >= 0.3 is 0 Å². The summed E-state index contributed by atoms with van der Waals surface area (Å²) in [5.41, 5.74) is 2.40. The van der Waals surface area contributed by atoms with E-state index in [1.54, 1.807) is 6.92 Å². The van der Waals surface area contributed by atoms with Gasteiger partial charge in [-0.05, 0) is 29.7 Å². The number of hydrogen-bond acceptors (Lipinski definition) is 4. The molecule has 0 aliphatic heterocycles. The third-order valence-corrected chi connectivity index (χ3v) is 5.79. The van der Waals surface area contributed by atoms with Crippen LogP contribution < -0.4 is 4.72 Å². The summed E-state index contributed by atoms with van der Waals surface area (Å²) in [6, 6.07) is 22.1. The quantitative estimate of drug-likeness (QED) is 0.508. The van der Waals surface area contributed by atoms with Gasteiger partial charge < -0.3 is 0 Å². The van der Waals surface area contributed by atoms with E-state index in [4.69, 9.17) is 0 Å². The Morgan fingerprint density at radius 1 is 0.852 bits per heavy atom. The Labute approximate surface area is 157 Å². The minimum atomic E-state index is -4.04. The molecule has 3 aromatic rings. The average molecular weight is 382 g/mol. The Morgan fingerprint density at radius 3 is 2.04 bits per heavy atom. The van der Waals surface area contributed by atoms with Crippen LogP contribution in [0.1, 0.15) is 18.5 Å². The van der Waals surface area contributed by atoms with Crippen LogP contribution in [0, 0.1) is 10.1 Å². The highest BCUT2D eigenvalue weighted by Crippen LogP contribution is 2.26. The second-order valence-corrected chi connectivity index (χ2v) is 7.74. The number of rotatable bonds is 6. The molecule has 0 bridgehead atoms. The van der Waals surface area contributed by atoms with Crippen LogP contribution in [0.25, 0.3) is 11.1 Å². The van der Waals surface area contributed by atoms with Crippen molar-refractivity contribution in [2.45, 2.75) is 17.9 Å². The Morgan fingerprint density at radius 2 is 1.41 bits per heavy atom. The fraction of sp³-hybridized carbons (Fsp3) is 0.100. The molecular weight excluding hydrogens is 364 g/mol. The lowest BCUT2D eigenvalue weighted by molar-refractivity contribution is -0.387. The number of nitro benzene ring substituents is 1. The summed E-state index contributed by atoms with van der Waals surface area (Å²) in [5.74, 6) is 0. The summed E-state index contributed by atoms with van der Waals surface area (Å²) in [5, 5.41) is 11.1. The predicted molar refractivity (Wildman–Crippen MR) is 104 cm³/mol. The van der Waals surface area contributed by atoms with Crippen molar-refractivity contribution in [2.24, 2.45) is 0 Å². The van der Waals surface area contributed by atoms with Crippen LogP contribution in [0.5, 0.6) is 0 Å². The molecule has 1 unspecified atom stereocenters. The summed E-state index contributed by atoms with van der Waals surface area (Å²) < 4.78 is 27.7. The number of para-hydroxylation sites is 1. The average Bonchev–Trinajstić information content (AvgIpc) is 2.68. The molecule has 0 aliphatic rings. The standard InChI is InChI=1S/C20H18N2O4S/c1-15(16-11-13-18(14-12-16)17-7-3-2-4-8-17)21-27(25,26)20-10-6-5-9-19(20)22(23)24/h2-15,21H,1H3. The SMILES string of the molecule is CC(NS(=O)(=O)c1ccccc1[N+](=O)[O-])c1ccc(-c2ccccc2)cc1. The molecule has 3 rings (SSSR count). The zero-order valence-electron chi connectivity index (χ0n) is 14.6. The molecule has 27 heavy (non-hydrogen) atoms. The van der Waals surface area contributed by atoms with E-state index in [0.717, 1.165) is 16.7 Å². The number of hydrogen-bond donors (Lipinski definition) is 1. The molecule has 0 fully saturated rings. The number of nitro groups is 1. The van der Waals surface area contributed by atoms with Gasteiger partial charge in [-0.2, -0.15) is 0 Å². The lowest BCUT2D eigenvalue weighted by Crippen LogP contribution is -2.27. The van der Waals surface area contributed by atoms with Crippen molar-refractivity contribution < 1.29 is 13.3 Å². The van der Waals surface area contributed by atoms with Crippen molar-refractivity contribution in [1.29, 1.82) is 0 Å². The minimum absolute atomic E-state index is 0.345. The first-order valence-corrected chi connectivity index (χ1v) is 9.78. The van der Waals surface area contributed by atoms with Gasteiger partial charge in [-0.1, -0.05) is 66.7 Å². The van der Waals surface area contributed by atoms with Gasteiger partial charge in [-0.15, -0.1) is 0 Å². The third kappa shape index (κ3) is 4.21. The molecule has 3 aromatic carbocycles. The molecule has 0 radical (unpaired) electrons. The van der Waals surface area contributed by atoms with Gasteiger partial charge in [0.2, 0.25) is 10.0 Å². The number of nitrogens with zero attached hydrogens (tertiary/aromatic N) is 1. The lowest BCUT2D eigenvalue weighted by atomic mass is 10.0. The topological polar surface area (TPSA) is 89.3 Å². The first-order chi connectivity index (χ1) is 12.9. The number of benzene rings is 3. The summed E-state index contributed by atoms with van der Waals surface area (Å²) in [6.45, 7) is 1.70. The monoisotopic (exact) mass is 382 g/mol. The Kier molecular flexibility index (Phi) is 5.34. The highest BCUT2D eigenvalue weighted by Gasteiger charge is 2.26. The van der Waals surface area contributed by atoms with Crippen molar-refractivity contribution in [3.63, 3.8) is 0 Å². The van der Waals surface area contributed by atoms with Gasteiger partial charge in [0, 0.05) is 12.1 Å². The van der Waals surface area contributed by atoms with Crippen LogP contribution in [0.4, 0.5) is 5.69 Å². The van der Waals surface area contributed by atoms with Crippen LogP contribution in [-0.2, 0) is 10.0 Å². The fourth-order valence-electron chi connectivity index (χ4n) is 2.79. The number of sulfonamides is 1. The van der Waals surface area contributed by atoms with Gasteiger partial charge in [0.25, 0.3) is 5.69 Å². The van der Waals surface area contributed by atoms with E-state index in [1.807, 2.05) is 54.6 Å². The summed E-state index contributed by atoms with van der Waals surface area (Å²) in [4.78, 5) is 10.1. The highest BCUT2D eigenvalue weighted by molar-refractivity contribution is 7.89. The van der Waals surface area contributed by atoms with E-state index in [9.17, 15) is 18.5 Å². The van der Waals surface area contributed by atoms with Crippen LogP contribution in [0.3, 0.4) is 0 Å². The van der Waals surface area contributed by atoms with Gasteiger partial charge in [0.05, 0.1) is 4.92 Å². The first-order valence-electron chi connectivity index (χ1n) is 8.29. The molecule has 0 amide bonds. The van der Waals surface area contributed by atoms with E-state index in [0.29, 0.717) is 0 Å². The maximum Gasteiger partial charge on any atom is 0.289 e. The zero-order chi connectivity index (χ0) is 19.4. The van der Waals surface area contributed by atoms with Crippen LogP contribution >= 0.6 is 0 Å². The van der Waals surface area contributed by atoms with Crippen molar-refractivity contribution in [3.8, 4) is 11.1 Å². The van der Waals surface area contributed by atoms with E-state index < -0.39 is 26.7 Å². The fourth-order valence-corrected chi connectivity index (χ4v) is 4.20. The molecular formula is C20H18N2O4S. The maximum absolute atomic E-state index is 12.6. The van der Waals surface area contributed by atoms with E-state index in [1.165, 1.54) is 24.3 Å². The summed E-state index contributed by atoms with van der Waals surface area (Å²) in [7, 11) is -4.04. The Bertz CT molecular complexity index is 1050. The Balaban J connectivity index is 1.83. The van der Waals surface area contributed by atoms with Gasteiger partial charge in [-0.25, -0.2) is 13.1 Å². The van der Waals surface area contributed by atoms with Gasteiger partial charge in [0.1, 0.15) is 0 Å². The molecule has 0 aliphatic carbocycles. The van der Waals surface area contributed by atoms with Gasteiger partial charge in [-0.3, -0.25) is 10.1 Å². The van der Waals surface area contributed by atoms with Crippen LogP contribution in [-0.4, -0.2) is 13.3 Å². The second kappa shape index (κ2) is 7.69. The maximum atomic E-state index is 12.6. The molecule has 0 saturated carbocycles. The van der Waals surface area contributed by atoms with Crippen LogP contribution in [0.2, 0.25) is 0 Å². The normalized spacial score (nSPS) is 12.5. The highest BCUT2D eigenvalue weighted by atomic mass is 32.2. The largest absolute Gasteiger partial charge is 0.289 e. The molecule has 0 heterocycles. The van der Waals surface area contributed by atoms with Crippen molar-refractivity contribution in [1.82, 2.24) is 4.72 Å². The summed E-state index contributed by atoms with van der Waals surface area (Å²) >= 11 is 0. The van der Waals surface area contributed by atoms with E-state index >= 15 is 0 Å². The molecule has 1 N–H and O–H groups in total. The molecule has 0 saturated heterocycles. The predicted octanol–water partition coefficient (Wildman–Crippen LogP) is 4.30. The molecule has 138 valence electrons. The Hall–Kier alpha value is -3.03. The molecule has 1 atom stereocenters. The smallest absolute Gasteiger partial charge is 0.258 e. The third-order valence-electron chi connectivity index (χ3n) is 4.20. The minimum Gasteiger partial charge on any atom is -0.258 e. The van der Waals surface area contributed by atoms with E-state index in [-0.39, 0.29) is 4.90 Å². The molecule has 0 spiro atoms. The molecule has 7 heteroatoms. The number of nitrogens with one attached hydrogen (secondary N) is 1. The zero-order valence-corrected chi connectivity index (χ0v) is 15.4.